The third kappa shape index (κ3) is 3.97. The number of nitrogens with zero attached hydrogens (tertiary/aromatic N) is 1. The van der Waals surface area contributed by atoms with Gasteiger partial charge >= 0.3 is 0 Å². The van der Waals surface area contributed by atoms with Crippen LogP contribution in [0.2, 0.25) is 0 Å². The lowest BCUT2D eigenvalue weighted by Gasteiger charge is -2.47. The zero-order chi connectivity index (χ0) is 11.0. The van der Waals surface area contributed by atoms with Crippen molar-refractivity contribution in [1.82, 2.24) is 4.90 Å². The largest absolute Gasteiger partial charge is 0.392 e. The third-order valence-corrected chi connectivity index (χ3v) is 2.62. The number of hydrogen-bond donors (Lipinski definition) is 1. The minimum absolute atomic E-state index is 0.161. The van der Waals surface area contributed by atoms with Crippen molar-refractivity contribution in [2.45, 2.75) is 47.1 Å². The maximum absolute atomic E-state index is 9.85. The highest BCUT2D eigenvalue weighted by atomic mass is 16.3. The monoisotopic (exact) mass is 199 g/mol. The van der Waals surface area contributed by atoms with Crippen LogP contribution in [-0.4, -0.2) is 35.7 Å². The quantitative estimate of drug-likeness (QED) is 0.752. The Bertz CT molecular complexity index is 185. The molecule has 84 valence electrons. The molecule has 1 N–H and O–H groups in total. The molecule has 2 nitrogen and oxygen atoms in total. The molecule has 1 aliphatic rings. The van der Waals surface area contributed by atoms with Gasteiger partial charge in [-0.2, -0.15) is 0 Å². The smallest absolute Gasteiger partial charge is 0.0672 e. The van der Waals surface area contributed by atoms with E-state index in [1.165, 1.54) is 0 Å². The van der Waals surface area contributed by atoms with Crippen LogP contribution in [-0.2, 0) is 0 Å². The van der Waals surface area contributed by atoms with Gasteiger partial charge in [-0.25, -0.2) is 0 Å². The van der Waals surface area contributed by atoms with Gasteiger partial charge in [0.2, 0.25) is 0 Å². The van der Waals surface area contributed by atoms with Crippen molar-refractivity contribution < 1.29 is 5.11 Å². The van der Waals surface area contributed by atoms with E-state index in [9.17, 15) is 5.11 Å². The maximum atomic E-state index is 9.85. The molecule has 0 amide bonds. The van der Waals surface area contributed by atoms with E-state index in [1.54, 1.807) is 0 Å². The summed E-state index contributed by atoms with van der Waals surface area (Å²) < 4.78 is 0. The summed E-state index contributed by atoms with van der Waals surface area (Å²) in [7, 11) is 0. The average molecular weight is 199 g/mol. The van der Waals surface area contributed by atoms with Crippen LogP contribution in [0, 0.1) is 10.8 Å². The molecule has 1 heterocycles. The Morgan fingerprint density at radius 3 is 2.14 bits per heavy atom. The van der Waals surface area contributed by atoms with Crippen LogP contribution < -0.4 is 0 Å². The molecule has 0 aliphatic carbocycles. The summed E-state index contributed by atoms with van der Waals surface area (Å²) in [5, 5.41) is 9.85. The Morgan fingerprint density at radius 2 is 1.79 bits per heavy atom. The fraction of sp³-hybridized carbons (Fsp3) is 1.00. The zero-order valence-electron chi connectivity index (χ0n) is 10.3. The van der Waals surface area contributed by atoms with Gasteiger partial charge in [0.15, 0.2) is 0 Å². The second kappa shape index (κ2) is 3.82. The lowest BCUT2D eigenvalue weighted by Crippen LogP contribution is -2.55. The molecule has 1 aliphatic heterocycles. The highest BCUT2D eigenvalue weighted by molar-refractivity contribution is 4.88. The third-order valence-electron chi connectivity index (χ3n) is 2.62. The summed E-state index contributed by atoms with van der Waals surface area (Å²) in [5.74, 6) is 0. The van der Waals surface area contributed by atoms with E-state index < -0.39 is 0 Å². The molecule has 1 rings (SSSR count). The second-order valence-corrected chi connectivity index (χ2v) is 6.75. The molecule has 2 heteroatoms. The Morgan fingerprint density at radius 1 is 1.29 bits per heavy atom. The van der Waals surface area contributed by atoms with Crippen molar-refractivity contribution in [2.24, 2.45) is 10.8 Å². The van der Waals surface area contributed by atoms with Crippen molar-refractivity contribution in [1.29, 1.82) is 0 Å². The average Bonchev–Trinajstić information content (AvgIpc) is 1.76. The normalized spacial score (nSPS) is 24.4. The first-order valence-electron chi connectivity index (χ1n) is 5.58. The van der Waals surface area contributed by atoms with Gasteiger partial charge in [-0.15, -0.1) is 0 Å². The topological polar surface area (TPSA) is 23.5 Å². The van der Waals surface area contributed by atoms with Gasteiger partial charge in [-0.05, 0) is 17.3 Å². The van der Waals surface area contributed by atoms with Crippen molar-refractivity contribution in [3.8, 4) is 0 Å². The first-order chi connectivity index (χ1) is 6.18. The molecule has 0 aromatic carbocycles. The zero-order valence-corrected chi connectivity index (χ0v) is 10.3. The minimum atomic E-state index is -0.161. The van der Waals surface area contributed by atoms with Crippen LogP contribution in [0.25, 0.3) is 0 Å². The minimum Gasteiger partial charge on any atom is -0.392 e. The van der Waals surface area contributed by atoms with E-state index in [0.29, 0.717) is 5.41 Å². The van der Waals surface area contributed by atoms with E-state index in [2.05, 4.69) is 39.5 Å². The van der Waals surface area contributed by atoms with E-state index in [1.807, 2.05) is 0 Å². The van der Waals surface area contributed by atoms with Gasteiger partial charge in [-0.3, -0.25) is 4.90 Å². The lowest BCUT2D eigenvalue weighted by atomic mass is 9.83. The Labute approximate surface area is 88.3 Å². The summed E-state index contributed by atoms with van der Waals surface area (Å²) in [6.07, 6.45) is 0.732. The van der Waals surface area contributed by atoms with Gasteiger partial charge < -0.3 is 5.11 Å². The van der Waals surface area contributed by atoms with Crippen LogP contribution in [0.15, 0.2) is 0 Å². The second-order valence-electron chi connectivity index (χ2n) is 6.75. The Kier molecular flexibility index (Phi) is 3.27. The predicted octanol–water partition coefficient (Wildman–Crippen LogP) is 2.13. The number of aliphatic hydroxyl groups excluding tert-OH is 1. The Balaban J connectivity index is 2.20. The number of likely N-dealkylation sites (tertiary alicyclic amines) is 1. The molecule has 1 fully saturated rings. The molecular formula is C12H25NO. The number of hydrogen-bond acceptors (Lipinski definition) is 2. The number of rotatable bonds is 3. The molecule has 14 heavy (non-hydrogen) atoms. The lowest BCUT2D eigenvalue weighted by molar-refractivity contribution is -0.0144. The molecular weight excluding hydrogens is 174 g/mol. The highest BCUT2D eigenvalue weighted by Crippen LogP contribution is 2.29. The molecule has 0 spiro atoms. The maximum Gasteiger partial charge on any atom is 0.0672 e. The molecule has 0 saturated carbocycles. The van der Waals surface area contributed by atoms with Crippen LogP contribution in [0.5, 0.6) is 0 Å². The van der Waals surface area contributed by atoms with E-state index in [-0.39, 0.29) is 11.5 Å². The first kappa shape index (κ1) is 12.0. The van der Waals surface area contributed by atoms with Gasteiger partial charge in [-0.1, -0.05) is 34.6 Å². The summed E-state index contributed by atoms with van der Waals surface area (Å²) in [4.78, 5) is 2.34. The van der Waals surface area contributed by atoms with Crippen LogP contribution in [0.3, 0.4) is 0 Å². The molecule has 0 aromatic heterocycles. The molecule has 1 saturated heterocycles. The van der Waals surface area contributed by atoms with Gasteiger partial charge in [0.1, 0.15) is 0 Å². The van der Waals surface area contributed by atoms with Crippen LogP contribution in [0.4, 0.5) is 0 Å². The number of aliphatic hydroxyl groups is 1. The van der Waals surface area contributed by atoms with Crippen molar-refractivity contribution in [3.05, 3.63) is 0 Å². The van der Waals surface area contributed by atoms with Crippen molar-refractivity contribution in [3.63, 3.8) is 0 Å². The van der Waals surface area contributed by atoms with Crippen molar-refractivity contribution >= 4 is 0 Å². The van der Waals surface area contributed by atoms with Crippen LogP contribution >= 0.6 is 0 Å². The molecule has 1 atom stereocenters. The summed E-state index contributed by atoms with van der Waals surface area (Å²) >= 11 is 0. The van der Waals surface area contributed by atoms with Crippen LogP contribution in [0.1, 0.15) is 41.0 Å². The molecule has 0 bridgehead atoms. The summed E-state index contributed by atoms with van der Waals surface area (Å²) in [6, 6.07) is 0. The fourth-order valence-corrected chi connectivity index (χ4v) is 2.36. The first-order valence-corrected chi connectivity index (χ1v) is 5.58. The Hall–Kier alpha value is -0.0800. The number of β-amino-alcohol motifs (C(OH)–C–C–N with tert-alkyl or cyclic N) is 1. The molecule has 0 aromatic rings. The molecule has 0 radical (unpaired) electrons. The van der Waals surface area contributed by atoms with Gasteiger partial charge in [0.05, 0.1) is 6.10 Å². The highest BCUT2D eigenvalue weighted by Gasteiger charge is 2.35. The summed E-state index contributed by atoms with van der Waals surface area (Å²) in [5.41, 5.74) is 0.710. The van der Waals surface area contributed by atoms with Gasteiger partial charge in [0.25, 0.3) is 0 Å². The summed E-state index contributed by atoms with van der Waals surface area (Å²) in [6.45, 7) is 14.2. The predicted molar refractivity (Wildman–Crippen MR) is 60.3 cm³/mol. The van der Waals surface area contributed by atoms with E-state index in [4.69, 9.17) is 0 Å². The van der Waals surface area contributed by atoms with E-state index >= 15 is 0 Å². The SMILES string of the molecule is CC(C)(C)CC(O)CN1CC(C)(C)C1. The van der Waals surface area contributed by atoms with Gasteiger partial charge in [0, 0.05) is 19.6 Å². The van der Waals surface area contributed by atoms with Crippen molar-refractivity contribution in [2.75, 3.05) is 19.6 Å². The standard InChI is InChI=1S/C12H25NO/c1-11(2,3)6-10(14)7-13-8-12(4,5)9-13/h10,14H,6-9H2,1-5H3. The molecule has 1 unspecified atom stereocenters. The van der Waals surface area contributed by atoms with E-state index in [0.717, 1.165) is 26.1 Å². The fourth-order valence-electron chi connectivity index (χ4n) is 2.36.